The first-order valence-corrected chi connectivity index (χ1v) is 10.6. The Bertz CT molecular complexity index is 878. The Morgan fingerprint density at radius 2 is 2.04 bits per heavy atom. The van der Waals surface area contributed by atoms with Crippen LogP contribution in [0.15, 0.2) is 27.5 Å². The molecule has 0 aromatic heterocycles. The lowest BCUT2D eigenvalue weighted by atomic mass is 10.2. The average molecular weight is 397 g/mol. The van der Waals surface area contributed by atoms with Gasteiger partial charge in [-0.05, 0) is 43.8 Å². The highest BCUT2D eigenvalue weighted by Gasteiger charge is 2.33. The normalized spacial score (nSPS) is 17.2. The number of hydrogen-bond donors (Lipinski definition) is 0. The van der Waals surface area contributed by atoms with Gasteiger partial charge in [0, 0.05) is 24.5 Å². The molecule has 2 heterocycles. The summed E-state index contributed by atoms with van der Waals surface area (Å²) in [6, 6.07) is 4.99. The fraction of sp³-hybridized carbons (Fsp3) is 0.438. The molecule has 0 radical (unpaired) electrons. The van der Waals surface area contributed by atoms with Crippen LogP contribution in [-0.2, 0) is 19.6 Å². The van der Waals surface area contributed by atoms with Crippen molar-refractivity contribution in [3.05, 3.63) is 23.8 Å². The highest BCUT2D eigenvalue weighted by Crippen LogP contribution is 2.42. The molecule has 0 spiro atoms. The van der Waals surface area contributed by atoms with Gasteiger partial charge in [0.1, 0.15) is 0 Å². The van der Waals surface area contributed by atoms with Gasteiger partial charge in [-0.3, -0.25) is 4.79 Å². The summed E-state index contributed by atoms with van der Waals surface area (Å²) in [5.41, 5.74) is 1.13. The molecule has 8 nitrogen and oxygen atoms in total. The number of esters is 1. The van der Waals surface area contributed by atoms with Crippen molar-refractivity contribution in [2.45, 2.75) is 18.7 Å². The van der Waals surface area contributed by atoms with Crippen molar-refractivity contribution in [2.75, 3.05) is 36.9 Å². The number of rotatable bonds is 5. The predicted molar refractivity (Wildman–Crippen MR) is 99.1 cm³/mol. The van der Waals surface area contributed by atoms with Gasteiger partial charge in [0.25, 0.3) is 15.9 Å². The summed E-state index contributed by atoms with van der Waals surface area (Å²) >= 11 is 1.20. The Hall–Kier alpha value is -2.07. The third-order valence-corrected chi connectivity index (χ3v) is 6.46. The number of nitrogens with zero attached hydrogens (tertiary/aromatic N) is 3. The average Bonchev–Trinajstić information content (AvgIpc) is 2.95. The standard InChI is InChI=1S/C16H19N3O5S2/c1-3-18(4-2)14(20)10-24-15(21)11-5-6-12-13(9-11)25-16-17-26(22,23)8-7-19(12)16/h5-6,9H,3-4,7-8,10H2,1-2H3. The van der Waals surface area contributed by atoms with Crippen LogP contribution in [0.4, 0.5) is 5.69 Å². The molecular formula is C16H19N3O5S2. The molecule has 1 amide bonds. The van der Waals surface area contributed by atoms with E-state index in [4.69, 9.17) is 4.74 Å². The molecule has 0 fully saturated rings. The van der Waals surface area contributed by atoms with Crippen LogP contribution in [-0.4, -0.2) is 62.4 Å². The van der Waals surface area contributed by atoms with Gasteiger partial charge in [-0.1, -0.05) is 0 Å². The van der Waals surface area contributed by atoms with E-state index in [0.29, 0.717) is 30.4 Å². The van der Waals surface area contributed by atoms with Crippen molar-refractivity contribution in [3.8, 4) is 0 Å². The number of amides is 1. The van der Waals surface area contributed by atoms with E-state index in [1.165, 1.54) is 11.8 Å². The van der Waals surface area contributed by atoms with E-state index in [1.54, 1.807) is 23.1 Å². The number of sulfonamides is 1. The number of anilines is 1. The van der Waals surface area contributed by atoms with Gasteiger partial charge in [0.15, 0.2) is 11.8 Å². The van der Waals surface area contributed by atoms with E-state index in [2.05, 4.69) is 4.40 Å². The minimum absolute atomic E-state index is 0.0340. The van der Waals surface area contributed by atoms with Gasteiger partial charge in [0.05, 0.1) is 17.0 Å². The van der Waals surface area contributed by atoms with E-state index in [9.17, 15) is 18.0 Å². The van der Waals surface area contributed by atoms with Crippen LogP contribution < -0.4 is 4.90 Å². The molecule has 1 aromatic carbocycles. The van der Waals surface area contributed by atoms with Gasteiger partial charge < -0.3 is 14.5 Å². The highest BCUT2D eigenvalue weighted by molar-refractivity contribution is 8.15. The van der Waals surface area contributed by atoms with E-state index in [-0.39, 0.29) is 18.3 Å². The number of carbonyl (C=O) groups excluding carboxylic acids is 2. The molecular weight excluding hydrogens is 378 g/mol. The Balaban J connectivity index is 1.71. The second-order valence-electron chi connectivity index (χ2n) is 5.74. The Morgan fingerprint density at radius 3 is 2.73 bits per heavy atom. The fourth-order valence-corrected chi connectivity index (χ4v) is 5.03. The summed E-state index contributed by atoms with van der Waals surface area (Å²) in [6.45, 7) is 4.87. The molecule has 26 heavy (non-hydrogen) atoms. The topological polar surface area (TPSA) is 96.3 Å². The molecule has 3 rings (SSSR count). The lowest BCUT2D eigenvalue weighted by molar-refractivity contribution is -0.134. The van der Waals surface area contributed by atoms with Crippen molar-refractivity contribution in [1.29, 1.82) is 0 Å². The van der Waals surface area contributed by atoms with Gasteiger partial charge in [0.2, 0.25) is 0 Å². The number of thioether (sulfide) groups is 1. The number of fused-ring (bicyclic) bond motifs is 3. The minimum Gasteiger partial charge on any atom is -0.452 e. The molecule has 0 unspecified atom stereocenters. The van der Waals surface area contributed by atoms with Crippen molar-refractivity contribution in [3.63, 3.8) is 0 Å². The molecule has 2 aliphatic heterocycles. The van der Waals surface area contributed by atoms with Crippen molar-refractivity contribution < 1.29 is 22.7 Å². The number of ether oxygens (including phenoxy) is 1. The summed E-state index contributed by atoms with van der Waals surface area (Å²) < 4.78 is 32.2. The maximum atomic E-state index is 12.2. The van der Waals surface area contributed by atoms with Crippen molar-refractivity contribution >= 4 is 44.5 Å². The molecule has 0 saturated heterocycles. The third-order valence-electron chi connectivity index (χ3n) is 4.15. The third kappa shape index (κ3) is 3.70. The van der Waals surface area contributed by atoms with Crippen LogP contribution in [0.25, 0.3) is 0 Å². The molecule has 0 atom stereocenters. The van der Waals surface area contributed by atoms with E-state index >= 15 is 0 Å². The zero-order valence-corrected chi connectivity index (χ0v) is 16.1. The molecule has 0 aliphatic carbocycles. The lowest BCUT2D eigenvalue weighted by Gasteiger charge is -2.22. The van der Waals surface area contributed by atoms with Crippen LogP contribution in [0, 0.1) is 0 Å². The number of benzene rings is 1. The predicted octanol–water partition coefficient (Wildman–Crippen LogP) is 1.32. The second kappa shape index (κ2) is 7.28. The molecule has 1 aromatic rings. The molecule has 0 bridgehead atoms. The zero-order valence-electron chi connectivity index (χ0n) is 14.5. The summed E-state index contributed by atoms with van der Waals surface area (Å²) in [6.07, 6.45) is 0. The zero-order chi connectivity index (χ0) is 18.9. The Labute approximate surface area is 156 Å². The first kappa shape index (κ1) is 18.7. The summed E-state index contributed by atoms with van der Waals surface area (Å²) in [5, 5.41) is 0.397. The van der Waals surface area contributed by atoms with Crippen LogP contribution in [0.3, 0.4) is 0 Å². The first-order chi connectivity index (χ1) is 12.3. The van der Waals surface area contributed by atoms with Gasteiger partial charge in [-0.15, -0.1) is 4.40 Å². The van der Waals surface area contributed by atoms with Crippen LogP contribution in [0.2, 0.25) is 0 Å². The summed E-state index contributed by atoms with van der Waals surface area (Å²) in [4.78, 5) is 28.3. The van der Waals surface area contributed by atoms with Crippen LogP contribution in [0.5, 0.6) is 0 Å². The Morgan fingerprint density at radius 1 is 1.31 bits per heavy atom. The van der Waals surface area contributed by atoms with E-state index < -0.39 is 16.0 Å². The fourth-order valence-electron chi connectivity index (χ4n) is 2.74. The first-order valence-electron chi connectivity index (χ1n) is 8.21. The smallest absolute Gasteiger partial charge is 0.338 e. The van der Waals surface area contributed by atoms with E-state index in [0.717, 1.165) is 10.6 Å². The highest BCUT2D eigenvalue weighted by atomic mass is 32.2. The number of hydrogen-bond acceptors (Lipinski definition) is 7. The summed E-state index contributed by atoms with van der Waals surface area (Å²) in [5.74, 6) is -0.864. The van der Waals surface area contributed by atoms with Gasteiger partial charge >= 0.3 is 5.97 Å². The van der Waals surface area contributed by atoms with Crippen molar-refractivity contribution in [2.24, 2.45) is 4.40 Å². The van der Waals surface area contributed by atoms with E-state index in [1.807, 2.05) is 18.7 Å². The van der Waals surface area contributed by atoms with Gasteiger partial charge in [-0.2, -0.15) is 0 Å². The van der Waals surface area contributed by atoms with Crippen LogP contribution >= 0.6 is 11.8 Å². The maximum Gasteiger partial charge on any atom is 0.338 e. The second-order valence-corrected chi connectivity index (χ2v) is 8.50. The molecule has 2 aliphatic rings. The quantitative estimate of drug-likeness (QED) is 0.692. The number of carbonyl (C=O) groups is 2. The summed E-state index contributed by atoms with van der Waals surface area (Å²) in [7, 11) is -3.42. The molecule has 0 N–H and O–H groups in total. The minimum atomic E-state index is -3.42. The number of likely N-dealkylation sites (N-methyl/N-ethyl adjacent to an activating group) is 1. The molecule has 10 heteroatoms. The monoisotopic (exact) mass is 397 g/mol. The maximum absolute atomic E-state index is 12.2. The Kier molecular flexibility index (Phi) is 5.24. The molecule has 140 valence electrons. The lowest BCUT2D eigenvalue weighted by Crippen LogP contribution is -2.35. The van der Waals surface area contributed by atoms with Gasteiger partial charge in [-0.25, -0.2) is 13.2 Å². The van der Waals surface area contributed by atoms with Crippen LogP contribution in [0.1, 0.15) is 24.2 Å². The molecule has 0 saturated carbocycles. The largest absolute Gasteiger partial charge is 0.452 e. The number of amidine groups is 1. The SMILES string of the molecule is CCN(CC)C(=O)COC(=O)c1ccc2c(c1)SC1=NS(=O)(=O)CCN12. The van der Waals surface area contributed by atoms with Crippen molar-refractivity contribution in [1.82, 2.24) is 4.90 Å².